The molecule has 2 N–H and O–H groups in total. The maximum Gasteiger partial charge on any atom is 0.271 e. The molecule has 1 aliphatic rings. The summed E-state index contributed by atoms with van der Waals surface area (Å²) in [4.78, 5) is 21.1. The fraction of sp³-hybridized carbons (Fsp3) is 0.333. The summed E-state index contributed by atoms with van der Waals surface area (Å²) in [5.41, 5.74) is 1.34. The standard InChI is InChI=1S/C18H20N6O2/c25-17(14-12-24-11-10-19-8-7-16(24)21-14)20-9-6-15-22-18(26-23-15)13-4-2-1-3-5-13/h1-5,12,19H,6-11H2,(H,20,25). The average molecular weight is 352 g/mol. The molecule has 0 bridgehead atoms. The molecule has 0 atom stereocenters. The maximum atomic E-state index is 12.3. The van der Waals surface area contributed by atoms with Gasteiger partial charge >= 0.3 is 0 Å². The van der Waals surface area contributed by atoms with Crippen molar-refractivity contribution < 1.29 is 9.32 Å². The van der Waals surface area contributed by atoms with Gasteiger partial charge in [0.05, 0.1) is 0 Å². The second-order valence-corrected chi connectivity index (χ2v) is 6.12. The minimum atomic E-state index is -0.176. The van der Waals surface area contributed by atoms with Gasteiger partial charge in [-0.2, -0.15) is 4.98 Å². The molecule has 134 valence electrons. The number of hydrogen-bond acceptors (Lipinski definition) is 6. The summed E-state index contributed by atoms with van der Waals surface area (Å²) in [6, 6.07) is 9.60. The lowest BCUT2D eigenvalue weighted by Gasteiger charge is -2.01. The van der Waals surface area contributed by atoms with Gasteiger partial charge in [0, 0.05) is 50.8 Å². The summed E-state index contributed by atoms with van der Waals surface area (Å²) < 4.78 is 7.31. The highest BCUT2D eigenvalue weighted by Gasteiger charge is 2.16. The van der Waals surface area contributed by atoms with Crippen LogP contribution in [0.5, 0.6) is 0 Å². The fourth-order valence-electron chi connectivity index (χ4n) is 2.91. The first-order chi connectivity index (χ1) is 12.8. The van der Waals surface area contributed by atoms with Crippen LogP contribution in [-0.2, 0) is 19.4 Å². The summed E-state index contributed by atoms with van der Waals surface area (Å²) >= 11 is 0. The third-order valence-corrected chi connectivity index (χ3v) is 4.27. The quantitative estimate of drug-likeness (QED) is 0.712. The summed E-state index contributed by atoms with van der Waals surface area (Å²) in [6.07, 6.45) is 3.15. The van der Waals surface area contributed by atoms with E-state index in [0.29, 0.717) is 30.4 Å². The molecule has 2 aromatic heterocycles. The van der Waals surface area contributed by atoms with Crippen molar-refractivity contribution in [3.05, 3.63) is 53.9 Å². The van der Waals surface area contributed by atoms with Crippen molar-refractivity contribution in [3.63, 3.8) is 0 Å². The molecule has 1 aliphatic heterocycles. The number of hydrogen-bond donors (Lipinski definition) is 2. The third kappa shape index (κ3) is 3.65. The minimum Gasteiger partial charge on any atom is -0.350 e. The van der Waals surface area contributed by atoms with Crippen LogP contribution in [0.15, 0.2) is 41.1 Å². The molecule has 1 amide bonds. The molecule has 0 unspecified atom stereocenters. The van der Waals surface area contributed by atoms with E-state index in [2.05, 4.69) is 25.8 Å². The van der Waals surface area contributed by atoms with Gasteiger partial charge in [0.25, 0.3) is 11.8 Å². The first kappa shape index (κ1) is 16.5. The van der Waals surface area contributed by atoms with E-state index >= 15 is 0 Å². The summed E-state index contributed by atoms with van der Waals surface area (Å²) in [7, 11) is 0. The number of benzene rings is 1. The molecule has 0 saturated carbocycles. The van der Waals surface area contributed by atoms with Crippen LogP contribution in [-0.4, -0.2) is 45.2 Å². The molecule has 0 radical (unpaired) electrons. The highest BCUT2D eigenvalue weighted by molar-refractivity contribution is 5.92. The van der Waals surface area contributed by atoms with E-state index in [0.717, 1.165) is 37.4 Å². The van der Waals surface area contributed by atoms with Gasteiger partial charge in [0.1, 0.15) is 11.5 Å². The molecule has 0 aliphatic carbocycles. The second-order valence-electron chi connectivity index (χ2n) is 6.12. The van der Waals surface area contributed by atoms with Crippen molar-refractivity contribution in [1.82, 2.24) is 30.3 Å². The zero-order valence-corrected chi connectivity index (χ0v) is 14.3. The Bertz CT molecular complexity index is 863. The molecule has 1 aromatic carbocycles. The first-order valence-electron chi connectivity index (χ1n) is 8.72. The lowest BCUT2D eigenvalue weighted by molar-refractivity contribution is 0.0949. The topological polar surface area (TPSA) is 97.9 Å². The van der Waals surface area contributed by atoms with Crippen LogP contribution in [0, 0.1) is 0 Å². The molecule has 4 rings (SSSR count). The number of carbonyl (C=O) groups is 1. The number of aromatic nitrogens is 4. The summed E-state index contributed by atoms with van der Waals surface area (Å²) in [5, 5.41) is 10.1. The van der Waals surface area contributed by atoms with Gasteiger partial charge in [-0.3, -0.25) is 4.79 Å². The molecule has 0 saturated heterocycles. The maximum absolute atomic E-state index is 12.3. The van der Waals surface area contributed by atoms with Crippen molar-refractivity contribution >= 4 is 5.91 Å². The fourth-order valence-corrected chi connectivity index (χ4v) is 2.91. The highest BCUT2D eigenvalue weighted by atomic mass is 16.5. The predicted octanol–water partition coefficient (Wildman–Crippen LogP) is 1.05. The van der Waals surface area contributed by atoms with Crippen molar-refractivity contribution in [3.8, 4) is 11.5 Å². The zero-order chi connectivity index (χ0) is 17.8. The van der Waals surface area contributed by atoms with Crippen LogP contribution in [0.2, 0.25) is 0 Å². The number of amides is 1. The van der Waals surface area contributed by atoms with Gasteiger partial charge in [-0.15, -0.1) is 0 Å². The Labute approximate surface area is 150 Å². The number of rotatable bonds is 5. The van der Waals surface area contributed by atoms with Gasteiger partial charge in [0.15, 0.2) is 5.82 Å². The van der Waals surface area contributed by atoms with Crippen LogP contribution in [0.3, 0.4) is 0 Å². The van der Waals surface area contributed by atoms with Gasteiger partial charge < -0.3 is 19.7 Å². The number of nitrogens with zero attached hydrogens (tertiary/aromatic N) is 4. The van der Waals surface area contributed by atoms with Gasteiger partial charge in [-0.1, -0.05) is 23.4 Å². The van der Waals surface area contributed by atoms with Crippen molar-refractivity contribution in [2.45, 2.75) is 19.4 Å². The van der Waals surface area contributed by atoms with E-state index in [1.54, 1.807) is 0 Å². The minimum absolute atomic E-state index is 0.176. The largest absolute Gasteiger partial charge is 0.350 e. The van der Waals surface area contributed by atoms with Crippen molar-refractivity contribution in [2.24, 2.45) is 0 Å². The number of imidazole rings is 1. The highest BCUT2D eigenvalue weighted by Crippen LogP contribution is 2.16. The lowest BCUT2D eigenvalue weighted by atomic mass is 10.2. The normalized spacial score (nSPS) is 13.8. The Kier molecular flexibility index (Phi) is 4.74. The molecule has 8 nitrogen and oxygen atoms in total. The van der Waals surface area contributed by atoms with E-state index in [1.807, 2.05) is 41.1 Å². The Morgan fingerprint density at radius 1 is 1.23 bits per heavy atom. The molecular weight excluding hydrogens is 332 g/mol. The number of fused-ring (bicyclic) bond motifs is 1. The van der Waals surface area contributed by atoms with Gasteiger partial charge in [0.2, 0.25) is 0 Å². The van der Waals surface area contributed by atoms with Crippen LogP contribution in [0.4, 0.5) is 0 Å². The van der Waals surface area contributed by atoms with Gasteiger partial charge in [-0.05, 0) is 12.1 Å². The molecule has 8 heteroatoms. The monoisotopic (exact) mass is 352 g/mol. The summed E-state index contributed by atoms with van der Waals surface area (Å²) in [5.74, 6) is 1.82. The van der Waals surface area contributed by atoms with Crippen molar-refractivity contribution in [1.29, 1.82) is 0 Å². The van der Waals surface area contributed by atoms with Crippen LogP contribution < -0.4 is 10.6 Å². The Morgan fingerprint density at radius 2 is 2.12 bits per heavy atom. The lowest BCUT2D eigenvalue weighted by Crippen LogP contribution is -2.26. The number of carbonyl (C=O) groups excluding carboxylic acids is 1. The van der Waals surface area contributed by atoms with E-state index in [1.165, 1.54) is 0 Å². The Morgan fingerprint density at radius 3 is 3.00 bits per heavy atom. The van der Waals surface area contributed by atoms with E-state index < -0.39 is 0 Å². The molecule has 26 heavy (non-hydrogen) atoms. The molecule has 3 aromatic rings. The van der Waals surface area contributed by atoms with E-state index in [4.69, 9.17) is 4.52 Å². The molecule has 3 heterocycles. The van der Waals surface area contributed by atoms with E-state index in [9.17, 15) is 4.79 Å². The second kappa shape index (κ2) is 7.49. The Hall–Kier alpha value is -3.00. The molecule has 0 fully saturated rings. The predicted molar refractivity (Wildman–Crippen MR) is 94.6 cm³/mol. The first-order valence-corrected chi connectivity index (χ1v) is 8.72. The smallest absolute Gasteiger partial charge is 0.271 e. The SMILES string of the molecule is O=C(NCCc1noc(-c2ccccc2)n1)c1cn2c(n1)CCNCC2. The van der Waals surface area contributed by atoms with E-state index in [-0.39, 0.29) is 5.91 Å². The zero-order valence-electron chi connectivity index (χ0n) is 14.3. The summed E-state index contributed by atoms with van der Waals surface area (Å²) in [6.45, 7) is 3.04. The number of nitrogens with one attached hydrogen (secondary N) is 2. The van der Waals surface area contributed by atoms with Crippen LogP contribution in [0.25, 0.3) is 11.5 Å². The van der Waals surface area contributed by atoms with Crippen LogP contribution in [0.1, 0.15) is 22.1 Å². The molecular formula is C18H20N6O2. The van der Waals surface area contributed by atoms with Gasteiger partial charge in [-0.25, -0.2) is 4.98 Å². The molecule has 0 spiro atoms. The van der Waals surface area contributed by atoms with Crippen molar-refractivity contribution in [2.75, 3.05) is 19.6 Å². The third-order valence-electron chi connectivity index (χ3n) is 4.27. The van der Waals surface area contributed by atoms with Crippen LogP contribution >= 0.6 is 0 Å². The average Bonchev–Trinajstić information content (AvgIpc) is 3.25. The Balaban J connectivity index is 1.32.